The van der Waals surface area contributed by atoms with Crippen molar-refractivity contribution < 1.29 is 24.5 Å². The quantitative estimate of drug-likeness (QED) is 0.495. The van der Waals surface area contributed by atoms with Crippen molar-refractivity contribution in [3.63, 3.8) is 0 Å². The predicted octanol–water partition coefficient (Wildman–Crippen LogP) is 4.77. The molecule has 31 heavy (non-hydrogen) atoms. The van der Waals surface area contributed by atoms with E-state index in [2.05, 4.69) is 13.0 Å². The van der Waals surface area contributed by atoms with Gasteiger partial charge in [0.1, 0.15) is 11.9 Å². The highest BCUT2D eigenvalue weighted by Gasteiger charge is 2.42. The van der Waals surface area contributed by atoms with Crippen LogP contribution in [0.1, 0.15) is 78.4 Å². The van der Waals surface area contributed by atoms with Crippen molar-refractivity contribution in [1.82, 2.24) is 0 Å². The molecule has 0 spiro atoms. The summed E-state index contributed by atoms with van der Waals surface area (Å²) in [5.41, 5.74) is 0.932. The Balaban J connectivity index is 2.31. The Morgan fingerprint density at radius 2 is 1.71 bits per heavy atom. The molecule has 2 N–H and O–H groups in total. The van der Waals surface area contributed by atoms with Crippen LogP contribution in [0.25, 0.3) is 0 Å². The Labute approximate surface area is 186 Å². The molecule has 1 aliphatic heterocycles. The van der Waals surface area contributed by atoms with Gasteiger partial charge in [-0.15, -0.1) is 0 Å². The number of cyclic esters (lactones) is 1. The van der Waals surface area contributed by atoms with Gasteiger partial charge in [0, 0.05) is 12.3 Å². The SMILES string of the molecule is C/C1=C/C[C@@H](c2ccccc2)OC(=O)C[C@H](O)C(C)(C)C(=O)[C@H](C)[C@@H](O)[C@@H](C)CCC1. The maximum atomic E-state index is 13.1. The van der Waals surface area contributed by atoms with Crippen LogP contribution in [0.5, 0.6) is 0 Å². The lowest BCUT2D eigenvalue weighted by atomic mass is 9.73. The summed E-state index contributed by atoms with van der Waals surface area (Å²) in [5.74, 6) is -1.44. The van der Waals surface area contributed by atoms with E-state index in [-0.39, 0.29) is 18.1 Å². The first-order valence-electron chi connectivity index (χ1n) is 11.3. The minimum atomic E-state index is -1.20. The monoisotopic (exact) mass is 430 g/mol. The lowest BCUT2D eigenvalue weighted by molar-refractivity contribution is -0.155. The molecule has 2 rings (SSSR count). The number of Topliss-reactive ketones (excluding diaryl/α,β-unsaturated/α-hetero) is 1. The minimum Gasteiger partial charge on any atom is -0.457 e. The van der Waals surface area contributed by atoms with E-state index in [1.807, 2.05) is 37.3 Å². The van der Waals surface area contributed by atoms with Crippen LogP contribution in [0.2, 0.25) is 0 Å². The number of ether oxygens (including phenoxy) is 1. The standard InChI is InChI=1S/C26H38O5/c1-17-10-9-11-18(2)24(29)19(3)25(30)26(4,5)22(27)16-23(28)31-21(15-14-17)20-12-7-6-8-13-20/h6-8,12-14,18-19,21-22,24,27,29H,9-11,15-16H2,1-5H3/b17-14-/t18-,19+,21-,22-,24-/m0/s1. The lowest BCUT2D eigenvalue weighted by Crippen LogP contribution is -2.45. The number of rotatable bonds is 1. The summed E-state index contributed by atoms with van der Waals surface area (Å²) >= 11 is 0. The van der Waals surface area contributed by atoms with Crippen molar-refractivity contribution in [2.45, 2.75) is 85.0 Å². The molecule has 0 aromatic heterocycles. The number of aliphatic hydroxyl groups excluding tert-OH is 2. The second-order valence-electron chi connectivity index (χ2n) is 9.63. The van der Waals surface area contributed by atoms with Crippen LogP contribution < -0.4 is 0 Å². The van der Waals surface area contributed by atoms with Gasteiger partial charge in [-0.05, 0) is 37.7 Å². The van der Waals surface area contributed by atoms with Crippen molar-refractivity contribution in [3.05, 3.63) is 47.5 Å². The first-order valence-corrected chi connectivity index (χ1v) is 11.3. The van der Waals surface area contributed by atoms with Gasteiger partial charge in [-0.1, -0.05) is 69.7 Å². The van der Waals surface area contributed by atoms with Gasteiger partial charge in [0.05, 0.1) is 24.0 Å². The van der Waals surface area contributed by atoms with Gasteiger partial charge in [0.2, 0.25) is 0 Å². The number of allylic oxidation sites excluding steroid dienone is 1. The van der Waals surface area contributed by atoms with Crippen LogP contribution in [0, 0.1) is 17.3 Å². The summed E-state index contributed by atoms with van der Waals surface area (Å²) in [6.45, 7) is 8.99. The minimum absolute atomic E-state index is 0.0327. The number of aliphatic hydroxyl groups is 2. The van der Waals surface area contributed by atoms with Crippen LogP contribution in [0.4, 0.5) is 0 Å². The van der Waals surface area contributed by atoms with E-state index in [0.717, 1.165) is 24.8 Å². The van der Waals surface area contributed by atoms with Crippen molar-refractivity contribution in [2.75, 3.05) is 0 Å². The molecule has 1 heterocycles. The van der Waals surface area contributed by atoms with Gasteiger partial charge in [-0.25, -0.2) is 0 Å². The smallest absolute Gasteiger partial charge is 0.309 e. The lowest BCUT2D eigenvalue weighted by Gasteiger charge is -2.34. The van der Waals surface area contributed by atoms with Gasteiger partial charge >= 0.3 is 5.97 Å². The molecule has 0 saturated heterocycles. The summed E-state index contributed by atoms with van der Waals surface area (Å²) in [6.07, 6.45) is 2.56. The van der Waals surface area contributed by atoms with Crippen LogP contribution in [-0.4, -0.2) is 34.2 Å². The van der Waals surface area contributed by atoms with Crippen LogP contribution in [0.3, 0.4) is 0 Å². The highest BCUT2D eigenvalue weighted by Crippen LogP contribution is 2.33. The topological polar surface area (TPSA) is 83.8 Å². The largest absolute Gasteiger partial charge is 0.457 e. The first kappa shape index (κ1) is 25.3. The Bertz CT molecular complexity index is 767. The van der Waals surface area contributed by atoms with E-state index in [4.69, 9.17) is 4.74 Å². The van der Waals surface area contributed by atoms with E-state index in [1.54, 1.807) is 20.8 Å². The third-order valence-corrected chi connectivity index (χ3v) is 6.69. The van der Waals surface area contributed by atoms with Crippen LogP contribution in [0.15, 0.2) is 42.0 Å². The number of benzene rings is 1. The summed E-state index contributed by atoms with van der Waals surface area (Å²) in [6, 6.07) is 9.58. The van der Waals surface area contributed by atoms with Gasteiger partial charge in [-0.2, -0.15) is 0 Å². The third-order valence-electron chi connectivity index (χ3n) is 6.69. The Morgan fingerprint density at radius 3 is 2.35 bits per heavy atom. The molecule has 172 valence electrons. The molecule has 0 fully saturated rings. The van der Waals surface area contributed by atoms with Crippen molar-refractivity contribution in [2.24, 2.45) is 17.3 Å². The fraction of sp³-hybridized carbons (Fsp3) is 0.615. The van der Waals surface area contributed by atoms with E-state index in [9.17, 15) is 19.8 Å². The number of hydrogen-bond donors (Lipinski definition) is 2. The van der Waals surface area contributed by atoms with Gasteiger partial charge in [0.15, 0.2) is 0 Å². The molecule has 1 aliphatic rings. The average Bonchev–Trinajstić information content (AvgIpc) is 2.74. The molecule has 5 atom stereocenters. The van der Waals surface area contributed by atoms with E-state index < -0.39 is 35.6 Å². The molecule has 0 saturated carbocycles. The molecule has 0 radical (unpaired) electrons. The molecular weight excluding hydrogens is 392 g/mol. The second-order valence-corrected chi connectivity index (χ2v) is 9.63. The highest BCUT2D eigenvalue weighted by molar-refractivity contribution is 5.87. The van der Waals surface area contributed by atoms with Gasteiger partial charge in [0.25, 0.3) is 0 Å². The number of ketones is 1. The van der Waals surface area contributed by atoms with Crippen LogP contribution >= 0.6 is 0 Å². The maximum Gasteiger partial charge on any atom is 0.309 e. The van der Waals surface area contributed by atoms with E-state index >= 15 is 0 Å². The average molecular weight is 431 g/mol. The zero-order valence-corrected chi connectivity index (χ0v) is 19.5. The Kier molecular flexibility index (Phi) is 9.01. The Hall–Kier alpha value is -1.98. The number of carbonyl (C=O) groups excluding carboxylic acids is 2. The fourth-order valence-electron chi connectivity index (χ4n) is 4.22. The van der Waals surface area contributed by atoms with Gasteiger partial charge < -0.3 is 14.9 Å². The third kappa shape index (κ3) is 6.75. The molecule has 0 bridgehead atoms. The molecule has 1 aromatic rings. The summed E-state index contributed by atoms with van der Waals surface area (Å²) in [7, 11) is 0. The summed E-state index contributed by atoms with van der Waals surface area (Å²) in [4.78, 5) is 25.8. The normalized spacial score (nSPS) is 33.3. The van der Waals surface area contributed by atoms with Crippen molar-refractivity contribution in [3.8, 4) is 0 Å². The van der Waals surface area contributed by atoms with Crippen LogP contribution in [-0.2, 0) is 14.3 Å². The van der Waals surface area contributed by atoms with Crippen molar-refractivity contribution in [1.29, 1.82) is 0 Å². The number of hydrogen-bond acceptors (Lipinski definition) is 5. The fourth-order valence-corrected chi connectivity index (χ4v) is 4.22. The van der Waals surface area contributed by atoms with E-state index in [1.165, 1.54) is 5.57 Å². The molecule has 5 heteroatoms. The number of carbonyl (C=O) groups is 2. The molecular formula is C26H38O5. The highest BCUT2D eigenvalue weighted by atomic mass is 16.5. The summed E-state index contributed by atoms with van der Waals surface area (Å²) in [5, 5.41) is 21.5. The van der Waals surface area contributed by atoms with E-state index in [0.29, 0.717) is 6.42 Å². The van der Waals surface area contributed by atoms with Crippen molar-refractivity contribution >= 4 is 11.8 Å². The summed E-state index contributed by atoms with van der Waals surface area (Å²) < 4.78 is 5.75. The molecule has 0 amide bonds. The molecule has 0 aliphatic carbocycles. The number of esters is 1. The molecule has 1 aromatic carbocycles. The Morgan fingerprint density at radius 1 is 1.06 bits per heavy atom. The predicted molar refractivity (Wildman–Crippen MR) is 121 cm³/mol. The maximum absolute atomic E-state index is 13.1. The first-order chi connectivity index (χ1) is 14.5. The van der Waals surface area contributed by atoms with Gasteiger partial charge in [-0.3, -0.25) is 9.59 Å². The second kappa shape index (κ2) is 11.1. The zero-order chi connectivity index (χ0) is 23.2. The zero-order valence-electron chi connectivity index (χ0n) is 19.5. The molecule has 0 unspecified atom stereocenters. The molecule has 5 nitrogen and oxygen atoms in total.